The lowest BCUT2D eigenvalue weighted by atomic mass is 10.1. The van der Waals surface area contributed by atoms with Crippen LogP contribution in [-0.2, 0) is 0 Å². The molecule has 4 heteroatoms. The van der Waals surface area contributed by atoms with Crippen molar-refractivity contribution in [1.82, 2.24) is 0 Å². The van der Waals surface area contributed by atoms with Crippen molar-refractivity contribution < 1.29 is 9.90 Å². The number of benzene rings is 1. The molecule has 1 aromatic rings. The van der Waals surface area contributed by atoms with Crippen LogP contribution in [0.1, 0.15) is 17.3 Å². The molecular formula is C8H6BrIO2. The van der Waals surface area contributed by atoms with Gasteiger partial charge in [0.25, 0.3) is 0 Å². The van der Waals surface area contributed by atoms with Crippen molar-refractivity contribution in [3.05, 3.63) is 25.7 Å². The second kappa shape index (κ2) is 3.74. The fourth-order valence-electron chi connectivity index (χ4n) is 0.818. The van der Waals surface area contributed by atoms with Gasteiger partial charge in [-0.15, -0.1) is 0 Å². The van der Waals surface area contributed by atoms with Crippen molar-refractivity contribution in [1.29, 1.82) is 0 Å². The van der Waals surface area contributed by atoms with E-state index >= 15 is 0 Å². The number of carbonyl (C=O) groups excluding carboxylic acids is 1. The Labute approximate surface area is 92.2 Å². The van der Waals surface area contributed by atoms with E-state index in [0.29, 0.717) is 5.56 Å². The summed E-state index contributed by atoms with van der Waals surface area (Å²) < 4.78 is 1.71. The average Bonchev–Trinajstić information content (AvgIpc) is 1.96. The third-order valence-corrected chi connectivity index (χ3v) is 3.71. The van der Waals surface area contributed by atoms with E-state index in [1.54, 1.807) is 12.1 Å². The highest BCUT2D eigenvalue weighted by Crippen LogP contribution is 2.27. The molecule has 0 atom stereocenters. The molecule has 0 saturated carbocycles. The van der Waals surface area contributed by atoms with Crippen LogP contribution in [0, 0.1) is 3.57 Å². The molecule has 1 aromatic carbocycles. The largest absolute Gasteiger partial charge is 0.507 e. The molecule has 0 radical (unpaired) electrons. The molecule has 1 rings (SSSR count). The van der Waals surface area contributed by atoms with E-state index in [-0.39, 0.29) is 11.5 Å². The zero-order valence-electron chi connectivity index (χ0n) is 6.27. The summed E-state index contributed by atoms with van der Waals surface area (Å²) in [7, 11) is 0. The van der Waals surface area contributed by atoms with Gasteiger partial charge >= 0.3 is 0 Å². The van der Waals surface area contributed by atoms with Gasteiger partial charge < -0.3 is 5.11 Å². The van der Waals surface area contributed by atoms with Crippen molar-refractivity contribution in [3.8, 4) is 5.75 Å². The molecule has 1 N–H and O–H groups in total. The van der Waals surface area contributed by atoms with Gasteiger partial charge in [-0.1, -0.05) is 0 Å². The summed E-state index contributed by atoms with van der Waals surface area (Å²) in [5.41, 5.74) is 0.349. The number of ketones is 1. The van der Waals surface area contributed by atoms with Crippen molar-refractivity contribution in [2.75, 3.05) is 0 Å². The fraction of sp³-hybridized carbons (Fsp3) is 0.125. The maximum Gasteiger partial charge on any atom is 0.163 e. The minimum absolute atomic E-state index is 0.0371. The number of rotatable bonds is 1. The molecule has 0 fully saturated rings. The average molecular weight is 341 g/mol. The van der Waals surface area contributed by atoms with E-state index in [0.717, 1.165) is 8.04 Å². The van der Waals surface area contributed by atoms with Crippen molar-refractivity contribution in [2.45, 2.75) is 6.92 Å². The number of hydrogen-bond acceptors (Lipinski definition) is 2. The molecule has 64 valence electrons. The van der Waals surface area contributed by atoms with Gasteiger partial charge in [0.15, 0.2) is 5.78 Å². The zero-order valence-corrected chi connectivity index (χ0v) is 10.0. The third kappa shape index (κ3) is 1.98. The summed E-state index contributed by atoms with van der Waals surface area (Å²) in [6.45, 7) is 1.42. The van der Waals surface area contributed by atoms with E-state index in [1.807, 2.05) is 0 Å². The Morgan fingerprint density at radius 2 is 2.17 bits per heavy atom. The summed E-state index contributed by atoms with van der Waals surface area (Å²) >= 11 is 5.35. The molecule has 0 bridgehead atoms. The number of phenolic OH excluding ortho intramolecular Hbond substituents is 1. The van der Waals surface area contributed by atoms with E-state index in [2.05, 4.69) is 38.5 Å². The number of carbonyl (C=O) groups is 1. The number of Topliss-reactive ketones (excluding diaryl/α,β-unsaturated/α-hetero) is 1. The molecule has 0 aliphatic carbocycles. The zero-order chi connectivity index (χ0) is 9.30. The molecule has 0 spiro atoms. The predicted molar refractivity (Wildman–Crippen MR) is 58.5 cm³/mol. The molecule has 0 unspecified atom stereocenters. The van der Waals surface area contributed by atoms with Crippen molar-refractivity contribution in [2.24, 2.45) is 0 Å². The lowest BCUT2D eigenvalue weighted by Crippen LogP contribution is -1.93. The molecule has 0 saturated heterocycles. The second-order valence-electron chi connectivity index (χ2n) is 2.34. The Bertz CT molecular complexity index is 336. The van der Waals surface area contributed by atoms with Crippen LogP contribution in [0.4, 0.5) is 0 Å². The first kappa shape index (κ1) is 9.98. The van der Waals surface area contributed by atoms with Crippen LogP contribution in [0.3, 0.4) is 0 Å². The molecule has 12 heavy (non-hydrogen) atoms. The van der Waals surface area contributed by atoms with Gasteiger partial charge in [-0.2, -0.15) is 0 Å². The lowest BCUT2D eigenvalue weighted by Gasteiger charge is -2.02. The molecule has 0 amide bonds. The first-order valence-corrected chi connectivity index (χ1v) is 5.08. The Morgan fingerprint density at radius 3 is 2.67 bits per heavy atom. The highest BCUT2D eigenvalue weighted by atomic mass is 127. The van der Waals surface area contributed by atoms with E-state index in [9.17, 15) is 9.90 Å². The number of hydrogen-bond donors (Lipinski definition) is 1. The van der Waals surface area contributed by atoms with E-state index in [4.69, 9.17) is 0 Å². The Kier molecular flexibility index (Phi) is 3.11. The molecular weight excluding hydrogens is 335 g/mol. The van der Waals surface area contributed by atoms with Crippen LogP contribution in [-0.4, -0.2) is 10.9 Å². The van der Waals surface area contributed by atoms with Crippen molar-refractivity contribution in [3.63, 3.8) is 0 Å². The Hall–Kier alpha value is -0.100. The fourth-order valence-corrected chi connectivity index (χ4v) is 1.61. The number of aromatic hydroxyl groups is 1. The van der Waals surface area contributed by atoms with Gasteiger partial charge in [-0.3, -0.25) is 4.79 Å². The third-order valence-electron chi connectivity index (χ3n) is 1.42. The van der Waals surface area contributed by atoms with Gasteiger partial charge in [-0.05, 0) is 57.6 Å². The van der Waals surface area contributed by atoms with Crippen LogP contribution in [0.25, 0.3) is 0 Å². The topological polar surface area (TPSA) is 37.3 Å². The van der Waals surface area contributed by atoms with Crippen molar-refractivity contribution >= 4 is 44.3 Å². The summed E-state index contributed by atoms with van der Waals surface area (Å²) in [5.74, 6) is -0.0975. The van der Waals surface area contributed by atoms with Crippen LogP contribution < -0.4 is 0 Å². The van der Waals surface area contributed by atoms with E-state index < -0.39 is 0 Å². The van der Waals surface area contributed by atoms with E-state index in [1.165, 1.54) is 6.92 Å². The number of phenols is 1. The smallest absolute Gasteiger partial charge is 0.163 e. The summed E-state index contributed by atoms with van der Waals surface area (Å²) in [6.07, 6.45) is 0. The highest BCUT2D eigenvalue weighted by Gasteiger charge is 2.08. The summed E-state index contributed by atoms with van der Waals surface area (Å²) in [5, 5.41) is 9.34. The standard InChI is InChI=1S/C8H6BrIO2/c1-4(11)5-2-6(9)7(10)3-8(5)12/h2-3,12H,1H3. The minimum Gasteiger partial charge on any atom is -0.507 e. The lowest BCUT2D eigenvalue weighted by molar-refractivity contribution is 0.101. The molecule has 2 nitrogen and oxygen atoms in total. The molecule has 0 aromatic heterocycles. The summed E-state index contributed by atoms with van der Waals surface area (Å²) in [4.78, 5) is 10.9. The van der Waals surface area contributed by atoms with Crippen LogP contribution in [0.5, 0.6) is 5.75 Å². The van der Waals surface area contributed by atoms with Crippen LogP contribution in [0.2, 0.25) is 0 Å². The normalized spacial score (nSPS) is 9.92. The first-order chi connectivity index (χ1) is 5.52. The Balaban J connectivity index is 3.33. The SMILES string of the molecule is CC(=O)c1cc(Br)c(I)cc1O. The maximum atomic E-state index is 10.9. The van der Waals surface area contributed by atoms with Crippen LogP contribution >= 0.6 is 38.5 Å². The Morgan fingerprint density at radius 1 is 1.58 bits per heavy atom. The first-order valence-electron chi connectivity index (χ1n) is 3.21. The molecule has 0 aliphatic rings. The summed E-state index contributed by atoms with van der Waals surface area (Å²) in [6, 6.07) is 3.18. The molecule has 0 aliphatic heterocycles. The quantitative estimate of drug-likeness (QED) is 0.630. The van der Waals surface area contributed by atoms with Gasteiger partial charge in [0, 0.05) is 8.04 Å². The van der Waals surface area contributed by atoms with Gasteiger partial charge in [0.05, 0.1) is 5.56 Å². The van der Waals surface area contributed by atoms with Gasteiger partial charge in [0.2, 0.25) is 0 Å². The monoisotopic (exact) mass is 340 g/mol. The molecule has 0 heterocycles. The van der Waals surface area contributed by atoms with Crippen LogP contribution in [0.15, 0.2) is 16.6 Å². The van der Waals surface area contributed by atoms with Gasteiger partial charge in [0.1, 0.15) is 5.75 Å². The number of halogens is 2. The minimum atomic E-state index is -0.135. The van der Waals surface area contributed by atoms with Gasteiger partial charge in [-0.25, -0.2) is 0 Å². The highest BCUT2D eigenvalue weighted by molar-refractivity contribution is 14.1. The predicted octanol–water partition coefficient (Wildman–Crippen LogP) is 2.96. The maximum absolute atomic E-state index is 10.9. The second-order valence-corrected chi connectivity index (χ2v) is 4.36.